The lowest BCUT2D eigenvalue weighted by Crippen LogP contribution is -2.01. The van der Waals surface area contributed by atoms with Crippen LogP contribution in [0, 0.1) is 0 Å². The van der Waals surface area contributed by atoms with Crippen molar-refractivity contribution >= 4 is 10.7 Å². The lowest BCUT2D eigenvalue weighted by molar-refractivity contribution is 0.329. The van der Waals surface area contributed by atoms with Crippen LogP contribution in [0.3, 0.4) is 0 Å². The minimum absolute atomic E-state index is 0.174. The molecule has 1 fully saturated rings. The number of epoxide rings is 1. The van der Waals surface area contributed by atoms with E-state index in [0.29, 0.717) is 4.90 Å². The van der Waals surface area contributed by atoms with Gasteiger partial charge in [0.15, 0.2) is 10.7 Å². The molecule has 70 valence electrons. The van der Waals surface area contributed by atoms with Gasteiger partial charge in [-0.25, -0.2) is 8.42 Å². The fourth-order valence-electron chi connectivity index (χ4n) is 1.21. The second-order valence-corrected chi connectivity index (χ2v) is 4.35. The number of benzene rings is 1. The standard InChI is InChI=1S/C9H10O3S/c1-9(6-12-9)7-2-4-8(5-3-7)13(10)11/h2-5,13H,6H2,1H3. The Bertz CT molecular complexity index is 380. The Morgan fingerprint density at radius 3 is 2.23 bits per heavy atom. The van der Waals surface area contributed by atoms with Crippen molar-refractivity contribution in [3.8, 4) is 0 Å². The van der Waals surface area contributed by atoms with Gasteiger partial charge in [0.05, 0.1) is 11.5 Å². The SMILES string of the molecule is CC1(c2ccc([SH](=O)=O)cc2)CO1. The summed E-state index contributed by atoms with van der Waals surface area (Å²) >= 11 is 0. The highest BCUT2D eigenvalue weighted by molar-refractivity contribution is 7.72. The Morgan fingerprint density at radius 2 is 1.85 bits per heavy atom. The van der Waals surface area contributed by atoms with E-state index in [1.807, 2.05) is 6.92 Å². The fourth-order valence-corrected chi connectivity index (χ4v) is 1.60. The minimum Gasteiger partial charge on any atom is -0.365 e. The van der Waals surface area contributed by atoms with Crippen LogP contribution in [0.1, 0.15) is 12.5 Å². The predicted molar refractivity (Wildman–Crippen MR) is 48.3 cm³/mol. The third-order valence-corrected chi connectivity index (χ3v) is 2.99. The van der Waals surface area contributed by atoms with Crippen molar-refractivity contribution in [2.24, 2.45) is 0 Å². The summed E-state index contributed by atoms with van der Waals surface area (Å²) in [5, 5.41) is 0. The van der Waals surface area contributed by atoms with E-state index in [9.17, 15) is 8.42 Å². The Hall–Kier alpha value is -0.870. The van der Waals surface area contributed by atoms with Crippen LogP contribution < -0.4 is 0 Å². The molecule has 2 rings (SSSR count). The predicted octanol–water partition coefficient (Wildman–Crippen LogP) is 0.902. The molecule has 0 N–H and O–H groups in total. The van der Waals surface area contributed by atoms with Gasteiger partial charge in [0, 0.05) is 0 Å². The quantitative estimate of drug-likeness (QED) is 0.567. The molecule has 0 amide bonds. The minimum atomic E-state index is -2.46. The smallest absolute Gasteiger partial charge is 0.168 e. The maximum Gasteiger partial charge on any atom is 0.168 e. The molecule has 1 heterocycles. The molecule has 0 aliphatic carbocycles. The zero-order valence-corrected chi connectivity index (χ0v) is 8.08. The van der Waals surface area contributed by atoms with E-state index in [2.05, 4.69) is 0 Å². The first-order valence-electron chi connectivity index (χ1n) is 4.01. The highest BCUT2D eigenvalue weighted by Crippen LogP contribution is 2.37. The molecule has 0 bridgehead atoms. The van der Waals surface area contributed by atoms with Gasteiger partial charge in [-0.1, -0.05) is 12.1 Å². The van der Waals surface area contributed by atoms with Gasteiger partial charge in [-0.3, -0.25) is 0 Å². The molecular formula is C9H10O3S. The number of hydrogen-bond acceptors (Lipinski definition) is 3. The molecule has 0 spiro atoms. The summed E-state index contributed by atoms with van der Waals surface area (Å²) in [6.07, 6.45) is 0. The normalized spacial score (nSPS) is 26.3. The van der Waals surface area contributed by atoms with Gasteiger partial charge in [-0.2, -0.15) is 0 Å². The summed E-state index contributed by atoms with van der Waals surface area (Å²) in [5.74, 6) is 0. The van der Waals surface area contributed by atoms with Crippen LogP contribution in [0.25, 0.3) is 0 Å². The molecule has 1 saturated heterocycles. The Balaban J connectivity index is 2.34. The van der Waals surface area contributed by atoms with E-state index in [4.69, 9.17) is 4.74 Å². The summed E-state index contributed by atoms with van der Waals surface area (Å²) in [5.41, 5.74) is 0.862. The van der Waals surface area contributed by atoms with Crippen molar-refractivity contribution in [3.05, 3.63) is 29.8 Å². The van der Waals surface area contributed by atoms with Crippen molar-refractivity contribution < 1.29 is 13.2 Å². The Kier molecular flexibility index (Phi) is 1.89. The van der Waals surface area contributed by atoms with Gasteiger partial charge in [0.2, 0.25) is 0 Å². The van der Waals surface area contributed by atoms with E-state index >= 15 is 0 Å². The number of ether oxygens (including phenoxy) is 1. The molecule has 0 saturated carbocycles. The maximum atomic E-state index is 10.6. The van der Waals surface area contributed by atoms with E-state index in [1.54, 1.807) is 24.3 Å². The zero-order valence-electron chi connectivity index (χ0n) is 7.19. The van der Waals surface area contributed by atoms with Crippen molar-refractivity contribution in [3.63, 3.8) is 0 Å². The first-order valence-corrected chi connectivity index (χ1v) is 5.18. The van der Waals surface area contributed by atoms with E-state index < -0.39 is 10.7 Å². The molecule has 0 radical (unpaired) electrons. The second-order valence-electron chi connectivity index (χ2n) is 3.32. The molecule has 3 nitrogen and oxygen atoms in total. The first kappa shape index (κ1) is 8.72. The van der Waals surface area contributed by atoms with Crippen LogP contribution in [-0.4, -0.2) is 15.0 Å². The average Bonchev–Trinajstić information content (AvgIpc) is 2.85. The molecule has 1 unspecified atom stereocenters. The van der Waals surface area contributed by atoms with Crippen LogP contribution in [0.2, 0.25) is 0 Å². The van der Waals surface area contributed by atoms with Gasteiger partial charge in [0.1, 0.15) is 5.60 Å². The second kappa shape index (κ2) is 2.82. The molecule has 1 aromatic rings. The number of thiol groups is 1. The monoisotopic (exact) mass is 198 g/mol. The molecule has 1 aliphatic rings. The van der Waals surface area contributed by atoms with Crippen molar-refractivity contribution in [1.29, 1.82) is 0 Å². The van der Waals surface area contributed by atoms with Crippen molar-refractivity contribution in [2.45, 2.75) is 17.4 Å². The molecule has 4 heteroatoms. The Morgan fingerprint density at radius 1 is 1.31 bits per heavy atom. The van der Waals surface area contributed by atoms with Crippen molar-refractivity contribution in [1.82, 2.24) is 0 Å². The average molecular weight is 198 g/mol. The lowest BCUT2D eigenvalue weighted by atomic mass is 10.0. The molecule has 0 aromatic heterocycles. The molecule has 1 atom stereocenters. The lowest BCUT2D eigenvalue weighted by Gasteiger charge is -2.04. The zero-order chi connectivity index (χ0) is 9.47. The van der Waals surface area contributed by atoms with Crippen molar-refractivity contribution in [2.75, 3.05) is 6.61 Å². The van der Waals surface area contributed by atoms with Crippen LogP contribution in [0.15, 0.2) is 29.2 Å². The highest BCUT2D eigenvalue weighted by atomic mass is 32.2. The van der Waals surface area contributed by atoms with Crippen LogP contribution >= 0.6 is 0 Å². The Labute approximate surface area is 78.3 Å². The fraction of sp³-hybridized carbons (Fsp3) is 0.333. The van der Waals surface area contributed by atoms with Gasteiger partial charge >= 0.3 is 0 Å². The van der Waals surface area contributed by atoms with Crippen LogP contribution in [-0.2, 0) is 21.0 Å². The first-order chi connectivity index (χ1) is 6.12. The van der Waals surface area contributed by atoms with Crippen LogP contribution in [0.4, 0.5) is 0 Å². The molecular weight excluding hydrogens is 188 g/mol. The number of rotatable bonds is 2. The number of hydrogen-bond donors (Lipinski definition) is 1. The van der Waals surface area contributed by atoms with E-state index in [1.165, 1.54) is 0 Å². The third-order valence-electron chi connectivity index (χ3n) is 2.27. The van der Waals surface area contributed by atoms with Gasteiger partial charge in [0.25, 0.3) is 0 Å². The van der Waals surface area contributed by atoms with E-state index in [-0.39, 0.29) is 5.60 Å². The van der Waals surface area contributed by atoms with Gasteiger partial charge in [-0.15, -0.1) is 0 Å². The maximum absolute atomic E-state index is 10.6. The summed E-state index contributed by atoms with van der Waals surface area (Å²) < 4.78 is 26.4. The summed E-state index contributed by atoms with van der Waals surface area (Å²) in [6.45, 7) is 2.70. The van der Waals surface area contributed by atoms with E-state index in [0.717, 1.165) is 12.2 Å². The molecule has 1 aliphatic heterocycles. The summed E-state index contributed by atoms with van der Waals surface area (Å²) in [6, 6.07) is 6.81. The molecule has 1 aromatic carbocycles. The molecule has 13 heavy (non-hydrogen) atoms. The van der Waals surface area contributed by atoms with Gasteiger partial charge < -0.3 is 4.74 Å². The third kappa shape index (κ3) is 1.59. The van der Waals surface area contributed by atoms with Crippen LogP contribution in [0.5, 0.6) is 0 Å². The summed E-state index contributed by atoms with van der Waals surface area (Å²) in [7, 11) is -2.46. The highest BCUT2D eigenvalue weighted by Gasteiger charge is 2.40. The topological polar surface area (TPSA) is 46.7 Å². The summed E-state index contributed by atoms with van der Waals surface area (Å²) in [4.78, 5) is 0.350. The van der Waals surface area contributed by atoms with Gasteiger partial charge in [-0.05, 0) is 24.6 Å². The largest absolute Gasteiger partial charge is 0.365 e.